The van der Waals surface area contributed by atoms with Crippen LogP contribution in [0.15, 0.2) is 72.2 Å². The van der Waals surface area contributed by atoms with E-state index in [9.17, 15) is 9.59 Å². The number of Topliss-reactive ketones (excluding diaryl/α,β-unsaturated/α-hetero) is 2. The third-order valence-electron chi connectivity index (χ3n) is 6.66. The molecular weight excluding hydrogens is 398 g/mol. The van der Waals surface area contributed by atoms with E-state index in [-0.39, 0.29) is 11.6 Å². The van der Waals surface area contributed by atoms with E-state index in [1.54, 1.807) is 12.1 Å². The average Bonchev–Trinajstić information content (AvgIpc) is 3.33. The lowest BCUT2D eigenvalue weighted by Crippen LogP contribution is -2.38. The number of fused-ring (bicyclic) bond motifs is 4. The van der Waals surface area contributed by atoms with Crippen molar-refractivity contribution in [2.75, 3.05) is 5.32 Å². The van der Waals surface area contributed by atoms with Crippen LogP contribution in [-0.4, -0.2) is 16.6 Å². The van der Waals surface area contributed by atoms with Gasteiger partial charge >= 0.3 is 0 Å². The van der Waals surface area contributed by atoms with Crippen LogP contribution in [0.3, 0.4) is 0 Å². The van der Waals surface area contributed by atoms with E-state index >= 15 is 0 Å². The van der Waals surface area contributed by atoms with Gasteiger partial charge in [0.2, 0.25) is 0 Å². The van der Waals surface area contributed by atoms with Crippen LogP contribution >= 0.6 is 0 Å². The number of imidazole rings is 1. The number of hydrogen-bond donors (Lipinski definition) is 2. The highest BCUT2D eigenvalue weighted by molar-refractivity contribution is 6.28. The normalized spacial score (nSPS) is 16.8. The molecular formula is C27H22N3O2+. The van der Waals surface area contributed by atoms with Crippen LogP contribution in [0.5, 0.6) is 0 Å². The number of rotatable bonds is 3. The first-order valence-electron chi connectivity index (χ1n) is 10.8. The number of allylic oxidation sites excluding steroid dienone is 4. The first-order chi connectivity index (χ1) is 15.6. The van der Waals surface area contributed by atoms with Crippen molar-refractivity contribution in [3.05, 3.63) is 105 Å². The van der Waals surface area contributed by atoms with E-state index in [0.717, 1.165) is 39.6 Å². The Bertz CT molecular complexity index is 1470. The van der Waals surface area contributed by atoms with E-state index in [1.807, 2.05) is 36.1 Å². The summed E-state index contributed by atoms with van der Waals surface area (Å²) in [4.78, 5) is 30.0. The minimum Gasteiger partial charge on any atom is -0.358 e. The number of nitrogens with one attached hydrogen (secondary N) is 2. The predicted molar refractivity (Wildman–Crippen MR) is 122 cm³/mol. The molecule has 2 aromatic carbocycles. The van der Waals surface area contributed by atoms with Gasteiger partial charge in [0.1, 0.15) is 18.3 Å². The minimum atomic E-state index is -0.821. The fourth-order valence-corrected chi connectivity index (χ4v) is 4.97. The lowest BCUT2D eigenvalue weighted by atomic mass is 9.87. The number of benzene rings is 2. The molecule has 0 bridgehead atoms. The molecule has 2 heterocycles. The zero-order valence-corrected chi connectivity index (χ0v) is 17.7. The number of nitrogens with zero attached hydrogens (tertiary/aromatic N) is 1. The van der Waals surface area contributed by atoms with Crippen molar-refractivity contribution in [2.45, 2.75) is 12.8 Å². The summed E-state index contributed by atoms with van der Waals surface area (Å²) in [6, 6.07) is 11.4. The molecule has 5 heteroatoms. The quantitative estimate of drug-likeness (QED) is 0.504. The first kappa shape index (κ1) is 18.8. The molecule has 156 valence electrons. The number of carbonyl (C=O) groups is 2. The third-order valence-corrected chi connectivity index (χ3v) is 6.66. The van der Waals surface area contributed by atoms with Gasteiger partial charge in [-0.15, -0.1) is 0 Å². The van der Waals surface area contributed by atoms with E-state index in [2.05, 4.69) is 46.7 Å². The molecule has 1 aliphatic heterocycles. The highest BCUT2D eigenvalue weighted by atomic mass is 16.2. The van der Waals surface area contributed by atoms with Crippen LogP contribution in [0.25, 0.3) is 12.2 Å². The predicted octanol–water partition coefficient (Wildman–Crippen LogP) is 2.13. The van der Waals surface area contributed by atoms with E-state index in [0.29, 0.717) is 17.5 Å². The van der Waals surface area contributed by atoms with Gasteiger partial charge < -0.3 is 5.32 Å². The van der Waals surface area contributed by atoms with Crippen LogP contribution in [0.1, 0.15) is 32.1 Å². The summed E-state index contributed by atoms with van der Waals surface area (Å²) in [7, 11) is 1.98. The number of carbonyl (C=O) groups excluding carboxylic acids is 2. The van der Waals surface area contributed by atoms with Crippen molar-refractivity contribution in [3.8, 4) is 0 Å². The highest BCUT2D eigenvalue weighted by Gasteiger charge is 2.41. The number of aryl methyl sites for hydroxylation is 1. The second kappa shape index (κ2) is 7.02. The monoisotopic (exact) mass is 420 g/mol. The van der Waals surface area contributed by atoms with Crippen molar-refractivity contribution in [1.29, 1.82) is 0 Å². The number of anilines is 1. The largest absolute Gasteiger partial charge is 0.358 e. The summed E-state index contributed by atoms with van der Waals surface area (Å²) in [6.07, 6.45) is 13.6. The number of aromatic amines is 1. The van der Waals surface area contributed by atoms with Gasteiger partial charge in [0.15, 0.2) is 11.6 Å². The van der Waals surface area contributed by atoms with Gasteiger partial charge in [0.05, 0.1) is 13.5 Å². The molecule has 6 rings (SSSR count). The molecule has 0 radical (unpaired) electrons. The Labute approximate surface area is 185 Å². The molecule has 2 aliphatic carbocycles. The van der Waals surface area contributed by atoms with E-state index in [4.69, 9.17) is 0 Å². The molecule has 0 spiro atoms. The fourth-order valence-electron chi connectivity index (χ4n) is 4.97. The van der Waals surface area contributed by atoms with Gasteiger partial charge in [-0.25, -0.2) is 9.55 Å². The summed E-state index contributed by atoms with van der Waals surface area (Å²) < 4.78 is 2.01. The molecule has 32 heavy (non-hydrogen) atoms. The molecule has 5 nitrogen and oxygen atoms in total. The summed E-state index contributed by atoms with van der Waals surface area (Å²) in [5.41, 5.74) is 4.91. The zero-order chi connectivity index (χ0) is 21.8. The molecule has 0 amide bonds. The maximum absolute atomic E-state index is 13.4. The van der Waals surface area contributed by atoms with Crippen molar-refractivity contribution in [3.63, 3.8) is 0 Å². The van der Waals surface area contributed by atoms with Gasteiger partial charge in [0.25, 0.3) is 5.82 Å². The highest BCUT2D eigenvalue weighted by Crippen LogP contribution is 2.35. The fraction of sp³-hybridized carbons (Fsp3) is 0.148. The Hall–Kier alpha value is -3.99. The van der Waals surface area contributed by atoms with Gasteiger partial charge in [-0.1, -0.05) is 48.6 Å². The average molecular weight is 420 g/mol. The molecule has 1 aromatic heterocycles. The maximum atomic E-state index is 13.4. The summed E-state index contributed by atoms with van der Waals surface area (Å²) in [5.74, 6) is -0.0729. The Balaban J connectivity index is 1.58. The number of ketones is 2. The summed E-state index contributed by atoms with van der Waals surface area (Å²) >= 11 is 0. The first-order valence-corrected chi connectivity index (χ1v) is 10.8. The molecule has 0 fully saturated rings. The lowest BCUT2D eigenvalue weighted by Gasteiger charge is -2.23. The van der Waals surface area contributed by atoms with E-state index in [1.165, 1.54) is 5.56 Å². The van der Waals surface area contributed by atoms with Crippen LogP contribution < -0.4 is 20.3 Å². The summed E-state index contributed by atoms with van der Waals surface area (Å²) in [6.45, 7) is 0. The van der Waals surface area contributed by atoms with Gasteiger partial charge in [-0.2, -0.15) is 0 Å². The van der Waals surface area contributed by atoms with Crippen LogP contribution in [-0.2, 0) is 19.9 Å². The molecule has 0 unspecified atom stereocenters. The van der Waals surface area contributed by atoms with Crippen molar-refractivity contribution in [1.82, 2.24) is 4.98 Å². The van der Waals surface area contributed by atoms with Gasteiger partial charge in [-0.3, -0.25) is 9.59 Å². The minimum absolute atomic E-state index is 0.121. The van der Waals surface area contributed by atoms with E-state index < -0.39 is 5.92 Å². The van der Waals surface area contributed by atoms with Crippen molar-refractivity contribution in [2.24, 2.45) is 13.0 Å². The molecule has 0 saturated carbocycles. The molecule has 2 N–H and O–H groups in total. The van der Waals surface area contributed by atoms with Crippen LogP contribution in [0, 0.1) is 5.92 Å². The molecule has 3 aromatic rings. The second-order valence-electron chi connectivity index (χ2n) is 8.50. The van der Waals surface area contributed by atoms with Crippen LogP contribution in [0.2, 0.25) is 0 Å². The zero-order valence-electron chi connectivity index (χ0n) is 17.7. The van der Waals surface area contributed by atoms with Crippen molar-refractivity contribution >= 4 is 29.4 Å². The SMILES string of the molecule is C[n+]1cc[nH]c1CC1=C(C2C(=O)c3ccccc3C2=O)C=c2c(ccc3c2=CC=CC3)N1. The number of aromatic nitrogens is 2. The smallest absolute Gasteiger partial charge is 0.259 e. The second-order valence-corrected chi connectivity index (χ2v) is 8.50. The van der Waals surface area contributed by atoms with Crippen molar-refractivity contribution < 1.29 is 14.2 Å². The molecule has 0 atom stereocenters. The number of hydrogen-bond acceptors (Lipinski definition) is 3. The Morgan fingerprint density at radius 3 is 2.53 bits per heavy atom. The third kappa shape index (κ3) is 2.74. The Kier molecular flexibility index (Phi) is 4.12. The Morgan fingerprint density at radius 2 is 1.81 bits per heavy atom. The Morgan fingerprint density at radius 1 is 1.03 bits per heavy atom. The van der Waals surface area contributed by atoms with Gasteiger partial charge in [0, 0.05) is 27.7 Å². The van der Waals surface area contributed by atoms with Crippen LogP contribution in [0.4, 0.5) is 5.69 Å². The van der Waals surface area contributed by atoms with Gasteiger partial charge in [-0.05, 0) is 34.9 Å². The maximum Gasteiger partial charge on any atom is 0.259 e. The standard InChI is InChI=1S/C27H21N3O2/c1-30-13-12-28-24(30)15-23-21(25-26(31)18-8-4-5-9-19(18)27(25)32)14-20-17-7-3-2-6-16(17)10-11-22(20)29-23/h2-5,7-14,25,29H,6,15H2,1H3/p+1. The topological polar surface area (TPSA) is 65.8 Å². The number of H-pyrrole nitrogens is 1. The molecule has 0 saturated heterocycles. The lowest BCUT2D eigenvalue weighted by molar-refractivity contribution is -0.677. The molecule has 3 aliphatic rings. The summed E-state index contributed by atoms with van der Waals surface area (Å²) in [5, 5.41) is 5.76.